The summed E-state index contributed by atoms with van der Waals surface area (Å²) in [6, 6.07) is 0. The highest BCUT2D eigenvalue weighted by atomic mass is 16.6. The lowest BCUT2D eigenvalue weighted by molar-refractivity contribution is -0.167. The van der Waals surface area contributed by atoms with Gasteiger partial charge in [-0.05, 0) is 70.6 Å². The zero-order valence-electron chi connectivity index (χ0n) is 43.3. The molecule has 6 nitrogen and oxygen atoms in total. The van der Waals surface area contributed by atoms with E-state index in [0.717, 1.165) is 64.2 Å². The van der Waals surface area contributed by atoms with Crippen molar-refractivity contribution in [2.75, 3.05) is 13.2 Å². The fourth-order valence-electron chi connectivity index (χ4n) is 8.11. The Hall–Kier alpha value is -2.63. The smallest absolute Gasteiger partial charge is 0.306 e. The number of allylic oxidation sites excluding steroid dienone is 8. The standard InChI is InChI=1S/C59H106O6/c1-4-7-10-13-16-19-22-24-26-28-29-31-32-34-37-40-43-46-49-52-58(61)64-55-56(54-63-57(60)51-48-45-42-39-36-21-18-15-12-9-6-3)65-59(62)53-50-47-44-41-38-35-33-30-27-25-23-20-17-14-11-8-5-2/h9,12,18,21,28-29,39,42,56H,4-8,10-11,13-17,19-20,22-27,30-38,40-41,43-55H2,1-3H3/b12-9-,21-18-,29-28-,42-39-. The molecular formula is C59H106O6. The molecule has 0 aromatic heterocycles. The van der Waals surface area contributed by atoms with E-state index in [1.54, 1.807) is 0 Å². The third-order valence-electron chi connectivity index (χ3n) is 12.3. The lowest BCUT2D eigenvalue weighted by Gasteiger charge is -2.18. The maximum Gasteiger partial charge on any atom is 0.306 e. The monoisotopic (exact) mass is 911 g/mol. The van der Waals surface area contributed by atoms with Gasteiger partial charge in [0.2, 0.25) is 0 Å². The van der Waals surface area contributed by atoms with Gasteiger partial charge in [0.15, 0.2) is 6.10 Å². The van der Waals surface area contributed by atoms with Gasteiger partial charge >= 0.3 is 17.9 Å². The number of carbonyl (C=O) groups excluding carboxylic acids is 3. The average Bonchev–Trinajstić information content (AvgIpc) is 3.30. The quantitative estimate of drug-likeness (QED) is 0.0262. The van der Waals surface area contributed by atoms with Gasteiger partial charge in [-0.2, -0.15) is 0 Å². The predicted molar refractivity (Wildman–Crippen MR) is 279 cm³/mol. The molecule has 0 radical (unpaired) electrons. The summed E-state index contributed by atoms with van der Waals surface area (Å²) in [6.45, 7) is 6.50. The fourth-order valence-corrected chi connectivity index (χ4v) is 8.11. The second-order valence-corrected chi connectivity index (χ2v) is 18.8. The highest BCUT2D eigenvalue weighted by Gasteiger charge is 2.19. The van der Waals surface area contributed by atoms with Crippen LogP contribution in [0.2, 0.25) is 0 Å². The minimum atomic E-state index is -0.792. The molecule has 0 spiro atoms. The number of unbranched alkanes of at least 4 members (excludes halogenated alkanes) is 32. The first kappa shape index (κ1) is 62.4. The minimum Gasteiger partial charge on any atom is -0.462 e. The van der Waals surface area contributed by atoms with Crippen molar-refractivity contribution in [3.05, 3.63) is 48.6 Å². The van der Waals surface area contributed by atoms with Crippen LogP contribution in [0.25, 0.3) is 0 Å². The third kappa shape index (κ3) is 52.2. The number of hydrogen-bond donors (Lipinski definition) is 0. The van der Waals surface area contributed by atoms with Crippen molar-refractivity contribution in [2.24, 2.45) is 0 Å². The van der Waals surface area contributed by atoms with E-state index in [2.05, 4.69) is 69.4 Å². The van der Waals surface area contributed by atoms with Gasteiger partial charge in [0.1, 0.15) is 13.2 Å². The third-order valence-corrected chi connectivity index (χ3v) is 12.3. The Morgan fingerprint density at radius 2 is 0.615 bits per heavy atom. The van der Waals surface area contributed by atoms with Crippen molar-refractivity contribution >= 4 is 17.9 Å². The zero-order valence-corrected chi connectivity index (χ0v) is 43.3. The summed E-state index contributed by atoms with van der Waals surface area (Å²) in [5.74, 6) is -0.936. The first-order valence-electron chi connectivity index (χ1n) is 28.1. The van der Waals surface area contributed by atoms with Gasteiger partial charge in [-0.15, -0.1) is 0 Å². The van der Waals surface area contributed by atoms with Gasteiger partial charge in [0.25, 0.3) is 0 Å². The van der Waals surface area contributed by atoms with Gasteiger partial charge in [0, 0.05) is 19.3 Å². The van der Waals surface area contributed by atoms with Crippen LogP contribution in [0.1, 0.15) is 290 Å². The highest BCUT2D eigenvalue weighted by Crippen LogP contribution is 2.16. The van der Waals surface area contributed by atoms with E-state index in [-0.39, 0.29) is 37.5 Å². The Morgan fingerprint density at radius 3 is 1.02 bits per heavy atom. The molecule has 0 heterocycles. The molecule has 0 bridgehead atoms. The summed E-state index contributed by atoms with van der Waals surface area (Å²) in [5, 5.41) is 0. The molecule has 6 heteroatoms. The van der Waals surface area contributed by atoms with Crippen LogP contribution in [0.15, 0.2) is 48.6 Å². The Kier molecular flexibility index (Phi) is 51.8. The Labute approximate surface area is 403 Å². The lowest BCUT2D eigenvalue weighted by Crippen LogP contribution is -2.30. The molecule has 0 aromatic rings. The Morgan fingerprint density at radius 1 is 0.323 bits per heavy atom. The summed E-state index contributed by atoms with van der Waals surface area (Å²) in [4.78, 5) is 38.0. The zero-order chi connectivity index (χ0) is 47.2. The number of ether oxygens (including phenoxy) is 3. The maximum atomic E-state index is 12.8. The van der Waals surface area contributed by atoms with E-state index in [4.69, 9.17) is 14.2 Å². The topological polar surface area (TPSA) is 78.9 Å². The van der Waals surface area contributed by atoms with Crippen molar-refractivity contribution in [3.8, 4) is 0 Å². The van der Waals surface area contributed by atoms with E-state index in [1.807, 2.05) is 0 Å². The van der Waals surface area contributed by atoms with Crippen molar-refractivity contribution in [1.29, 1.82) is 0 Å². The van der Waals surface area contributed by atoms with E-state index in [1.165, 1.54) is 180 Å². The first-order chi connectivity index (χ1) is 32.0. The summed E-state index contributed by atoms with van der Waals surface area (Å²) in [5.41, 5.74) is 0. The molecule has 0 aliphatic carbocycles. The van der Waals surface area contributed by atoms with Crippen molar-refractivity contribution in [1.82, 2.24) is 0 Å². The van der Waals surface area contributed by atoms with Crippen LogP contribution in [-0.4, -0.2) is 37.2 Å². The van der Waals surface area contributed by atoms with Crippen LogP contribution in [0.3, 0.4) is 0 Å². The molecule has 0 aliphatic rings. The highest BCUT2D eigenvalue weighted by molar-refractivity contribution is 5.71. The average molecular weight is 911 g/mol. The van der Waals surface area contributed by atoms with Gasteiger partial charge in [-0.3, -0.25) is 14.4 Å². The summed E-state index contributed by atoms with van der Waals surface area (Å²) in [6.07, 6.45) is 65.5. The van der Waals surface area contributed by atoms with Crippen LogP contribution < -0.4 is 0 Å². The molecular weight excluding hydrogens is 805 g/mol. The van der Waals surface area contributed by atoms with E-state index in [9.17, 15) is 14.4 Å². The number of hydrogen-bond acceptors (Lipinski definition) is 6. The maximum absolute atomic E-state index is 12.8. The molecule has 0 saturated heterocycles. The van der Waals surface area contributed by atoms with Gasteiger partial charge < -0.3 is 14.2 Å². The molecule has 0 aromatic carbocycles. The molecule has 0 amide bonds. The Bertz CT molecular complexity index is 1140. The van der Waals surface area contributed by atoms with Crippen LogP contribution in [0, 0.1) is 0 Å². The number of rotatable bonds is 51. The summed E-state index contributed by atoms with van der Waals surface area (Å²) in [7, 11) is 0. The van der Waals surface area contributed by atoms with Crippen LogP contribution in [-0.2, 0) is 28.6 Å². The number of carbonyl (C=O) groups is 3. The van der Waals surface area contributed by atoms with Gasteiger partial charge in [0.05, 0.1) is 0 Å². The van der Waals surface area contributed by atoms with Crippen LogP contribution in [0.4, 0.5) is 0 Å². The lowest BCUT2D eigenvalue weighted by atomic mass is 10.0. The molecule has 0 N–H and O–H groups in total. The van der Waals surface area contributed by atoms with E-state index in [0.29, 0.717) is 19.3 Å². The van der Waals surface area contributed by atoms with Crippen LogP contribution in [0.5, 0.6) is 0 Å². The normalized spacial score (nSPS) is 12.4. The number of esters is 3. The second-order valence-electron chi connectivity index (χ2n) is 18.8. The molecule has 1 unspecified atom stereocenters. The Balaban J connectivity index is 4.33. The summed E-state index contributed by atoms with van der Waals surface area (Å²) < 4.78 is 16.8. The minimum absolute atomic E-state index is 0.0883. The van der Waals surface area contributed by atoms with Crippen LogP contribution >= 0.6 is 0 Å². The fraction of sp³-hybridized carbons (Fsp3) is 0.814. The molecule has 0 rings (SSSR count). The van der Waals surface area contributed by atoms with Gasteiger partial charge in [-0.25, -0.2) is 0 Å². The van der Waals surface area contributed by atoms with Crippen molar-refractivity contribution in [2.45, 2.75) is 297 Å². The second kappa shape index (κ2) is 54.0. The van der Waals surface area contributed by atoms with E-state index >= 15 is 0 Å². The van der Waals surface area contributed by atoms with Crippen molar-refractivity contribution in [3.63, 3.8) is 0 Å². The molecule has 1 atom stereocenters. The molecule has 65 heavy (non-hydrogen) atoms. The summed E-state index contributed by atoms with van der Waals surface area (Å²) >= 11 is 0. The first-order valence-corrected chi connectivity index (χ1v) is 28.1. The predicted octanol–water partition coefficient (Wildman–Crippen LogP) is 18.7. The molecule has 0 fully saturated rings. The van der Waals surface area contributed by atoms with E-state index < -0.39 is 6.10 Å². The van der Waals surface area contributed by atoms with Gasteiger partial charge in [-0.1, -0.05) is 249 Å². The molecule has 0 aliphatic heterocycles. The SMILES string of the molecule is CC/C=C\C/C=C\C/C=C\CCCC(=O)OCC(COC(=O)CCCCCCCCC/C=C\CCCCCCCCCC)OC(=O)CCCCCCCCCCCCCCCCCCC. The molecule has 378 valence electrons. The molecule has 0 saturated carbocycles. The van der Waals surface area contributed by atoms with Crippen molar-refractivity contribution < 1.29 is 28.6 Å². The largest absolute Gasteiger partial charge is 0.462 e.